The van der Waals surface area contributed by atoms with Crippen molar-refractivity contribution in [2.45, 2.75) is 40.2 Å². The second-order valence-electron chi connectivity index (χ2n) is 5.37. The Morgan fingerprint density at radius 2 is 2.11 bits per heavy atom. The molecule has 0 radical (unpaired) electrons. The normalized spacial score (nSPS) is 12.6. The van der Waals surface area contributed by atoms with Crippen molar-refractivity contribution in [2.75, 3.05) is 6.54 Å². The van der Waals surface area contributed by atoms with E-state index >= 15 is 0 Å². The Morgan fingerprint density at radius 1 is 1.32 bits per heavy atom. The molecule has 2 heteroatoms. The van der Waals surface area contributed by atoms with Crippen LogP contribution in [0, 0.1) is 6.92 Å². The van der Waals surface area contributed by atoms with Crippen LogP contribution in [-0.2, 0) is 0 Å². The third-order valence-electron chi connectivity index (χ3n) is 3.11. The number of fused-ring (bicyclic) bond motifs is 1. The smallest absolute Gasteiger partial charge is 0.134 e. The molecule has 1 aromatic carbocycles. The van der Waals surface area contributed by atoms with Gasteiger partial charge >= 0.3 is 0 Å². The molecule has 19 heavy (non-hydrogen) atoms. The lowest BCUT2D eigenvalue weighted by molar-refractivity contribution is 0.476. The Kier molecular flexibility index (Phi) is 4.43. The molecule has 0 aliphatic rings. The number of aryl methyl sites for hydroxylation is 1. The van der Waals surface area contributed by atoms with Crippen LogP contribution in [0.15, 0.2) is 40.3 Å². The molecule has 0 bridgehead atoms. The summed E-state index contributed by atoms with van der Waals surface area (Å²) in [6.07, 6.45) is 3.34. The molecule has 2 nitrogen and oxygen atoms in total. The molecule has 1 unspecified atom stereocenters. The fourth-order valence-electron chi connectivity index (χ4n) is 2.21. The molecule has 0 saturated heterocycles. The number of hydrogen-bond acceptors (Lipinski definition) is 2. The summed E-state index contributed by atoms with van der Waals surface area (Å²) in [4.78, 5) is 0. The monoisotopic (exact) mass is 257 g/mol. The number of rotatable bonds is 5. The molecule has 1 N–H and O–H groups in total. The quantitative estimate of drug-likeness (QED) is 0.782. The maximum Gasteiger partial charge on any atom is 0.134 e. The van der Waals surface area contributed by atoms with E-state index in [4.69, 9.17) is 4.42 Å². The lowest BCUT2D eigenvalue weighted by Crippen LogP contribution is -2.20. The van der Waals surface area contributed by atoms with E-state index in [2.05, 4.69) is 57.3 Å². The molecule has 1 aromatic heterocycles. The van der Waals surface area contributed by atoms with Crippen molar-refractivity contribution in [1.29, 1.82) is 0 Å². The van der Waals surface area contributed by atoms with E-state index < -0.39 is 0 Å². The van der Waals surface area contributed by atoms with E-state index in [1.807, 2.05) is 6.07 Å². The van der Waals surface area contributed by atoms with Gasteiger partial charge in [0, 0.05) is 5.39 Å². The molecule has 0 saturated carbocycles. The largest absolute Gasteiger partial charge is 0.459 e. The highest BCUT2D eigenvalue weighted by molar-refractivity contribution is 5.78. The van der Waals surface area contributed by atoms with Gasteiger partial charge in [0.2, 0.25) is 0 Å². The van der Waals surface area contributed by atoms with Crippen molar-refractivity contribution in [3.05, 3.63) is 47.2 Å². The second-order valence-corrected chi connectivity index (χ2v) is 5.37. The van der Waals surface area contributed by atoms with E-state index in [9.17, 15) is 0 Å². The van der Waals surface area contributed by atoms with E-state index in [0.717, 1.165) is 24.3 Å². The summed E-state index contributed by atoms with van der Waals surface area (Å²) < 4.78 is 5.98. The molecule has 1 atom stereocenters. The molecule has 2 aromatic rings. The molecular formula is C17H23NO. The zero-order valence-corrected chi connectivity index (χ0v) is 12.3. The summed E-state index contributed by atoms with van der Waals surface area (Å²) >= 11 is 0. The van der Waals surface area contributed by atoms with Crippen LogP contribution in [0.4, 0.5) is 0 Å². The standard InChI is InChI=1S/C17H23NO/c1-5-8-18-15(9-12(2)3)17-11-14-10-13(4)6-7-16(14)19-17/h6-7,9-11,15,18H,5,8H2,1-4H3. The fourth-order valence-corrected chi connectivity index (χ4v) is 2.21. The van der Waals surface area contributed by atoms with Crippen LogP contribution in [-0.4, -0.2) is 6.54 Å². The fraction of sp³-hybridized carbons (Fsp3) is 0.412. The lowest BCUT2D eigenvalue weighted by Gasteiger charge is -2.12. The van der Waals surface area contributed by atoms with Gasteiger partial charge in [0.15, 0.2) is 0 Å². The topological polar surface area (TPSA) is 25.2 Å². The molecule has 2 rings (SSSR count). The highest BCUT2D eigenvalue weighted by atomic mass is 16.3. The number of hydrogen-bond donors (Lipinski definition) is 1. The first-order valence-corrected chi connectivity index (χ1v) is 6.98. The van der Waals surface area contributed by atoms with Crippen LogP contribution in [0.3, 0.4) is 0 Å². The van der Waals surface area contributed by atoms with E-state index in [0.29, 0.717) is 0 Å². The summed E-state index contributed by atoms with van der Waals surface area (Å²) in [5.41, 5.74) is 3.52. The Balaban J connectivity index is 2.35. The molecule has 0 aliphatic heterocycles. The van der Waals surface area contributed by atoms with Crippen LogP contribution in [0.1, 0.15) is 44.6 Å². The van der Waals surface area contributed by atoms with Crippen LogP contribution in [0.5, 0.6) is 0 Å². The molecule has 1 heterocycles. The van der Waals surface area contributed by atoms with Crippen molar-refractivity contribution in [1.82, 2.24) is 5.32 Å². The minimum Gasteiger partial charge on any atom is -0.459 e. The van der Waals surface area contributed by atoms with Crippen LogP contribution in [0.2, 0.25) is 0 Å². The molecular weight excluding hydrogens is 234 g/mol. The van der Waals surface area contributed by atoms with Crippen LogP contribution in [0.25, 0.3) is 11.0 Å². The van der Waals surface area contributed by atoms with Crippen molar-refractivity contribution < 1.29 is 4.42 Å². The zero-order valence-electron chi connectivity index (χ0n) is 12.3. The zero-order chi connectivity index (χ0) is 13.8. The predicted octanol–water partition coefficient (Wildman–Crippen LogP) is 4.75. The predicted molar refractivity (Wildman–Crippen MR) is 81.4 cm³/mol. The van der Waals surface area contributed by atoms with Crippen LogP contribution < -0.4 is 5.32 Å². The molecule has 0 spiro atoms. The van der Waals surface area contributed by atoms with E-state index in [1.54, 1.807) is 0 Å². The van der Waals surface area contributed by atoms with Gasteiger partial charge in [-0.15, -0.1) is 0 Å². The Hall–Kier alpha value is -1.54. The number of allylic oxidation sites excluding steroid dienone is 1. The average molecular weight is 257 g/mol. The Labute approximate surface area is 115 Å². The molecule has 0 fully saturated rings. The van der Waals surface area contributed by atoms with E-state index in [-0.39, 0.29) is 6.04 Å². The number of benzene rings is 1. The third-order valence-corrected chi connectivity index (χ3v) is 3.11. The Morgan fingerprint density at radius 3 is 2.79 bits per heavy atom. The summed E-state index contributed by atoms with van der Waals surface area (Å²) in [5.74, 6) is 0.996. The third kappa shape index (κ3) is 3.48. The SMILES string of the molecule is CCCNC(C=C(C)C)c1cc2cc(C)ccc2o1. The highest BCUT2D eigenvalue weighted by Gasteiger charge is 2.13. The minimum absolute atomic E-state index is 0.164. The van der Waals surface area contributed by atoms with Crippen LogP contribution >= 0.6 is 0 Å². The van der Waals surface area contributed by atoms with Gasteiger partial charge < -0.3 is 9.73 Å². The van der Waals surface area contributed by atoms with Gasteiger partial charge in [-0.1, -0.05) is 30.2 Å². The van der Waals surface area contributed by atoms with Gasteiger partial charge in [-0.05, 0) is 51.9 Å². The van der Waals surface area contributed by atoms with Gasteiger partial charge in [-0.3, -0.25) is 0 Å². The van der Waals surface area contributed by atoms with Gasteiger partial charge in [0.25, 0.3) is 0 Å². The Bertz CT molecular complexity index is 576. The number of nitrogens with one attached hydrogen (secondary N) is 1. The molecule has 102 valence electrons. The first-order chi connectivity index (χ1) is 9.10. The maximum absolute atomic E-state index is 5.98. The summed E-state index contributed by atoms with van der Waals surface area (Å²) in [7, 11) is 0. The van der Waals surface area contributed by atoms with Crippen molar-refractivity contribution >= 4 is 11.0 Å². The van der Waals surface area contributed by atoms with Crippen molar-refractivity contribution in [2.24, 2.45) is 0 Å². The molecule has 0 amide bonds. The van der Waals surface area contributed by atoms with Gasteiger partial charge in [0.05, 0.1) is 6.04 Å². The second kappa shape index (κ2) is 6.07. The summed E-state index contributed by atoms with van der Waals surface area (Å²) in [5, 5.41) is 4.70. The minimum atomic E-state index is 0.164. The lowest BCUT2D eigenvalue weighted by atomic mass is 10.1. The first-order valence-electron chi connectivity index (χ1n) is 6.98. The van der Waals surface area contributed by atoms with Gasteiger partial charge in [0.1, 0.15) is 11.3 Å². The van der Waals surface area contributed by atoms with Crippen molar-refractivity contribution in [3.8, 4) is 0 Å². The average Bonchev–Trinajstić information content (AvgIpc) is 2.76. The van der Waals surface area contributed by atoms with Gasteiger partial charge in [-0.2, -0.15) is 0 Å². The summed E-state index contributed by atoms with van der Waals surface area (Å²) in [6.45, 7) is 9.51. The van der Waals surface area contributed by atoms with Gasteiger partial charge in [-0.25, -0.2) is 0 Å². The molecule has 0 aliphatic carbocycles. The van der Waals surface area contributed by atoms with E-state index in [1.165, 1.54) is 16.5 Å². The summed E-state index contributed by atoms with van der Waals surface area (Å²) in [6, 6.07) is 8.62. The first kappa shape index (κ1) is 13.9. The van der Waals surface area contributed by atoms with Crippen molar-refractivity contribution in [3.63, 3.8) is 0 Å². The number of furan rings is 1. The highest BCUT2D eigenvalue weighted by Crippen LogP contribution is 2.26. The maximum atomic E-state index is 5.98.